The summed E-state index contributed by atoms with van der Waals surface area (Å²) in [5.74, 6) is -0.116. The van der Waals surface area contributed by atoms with Crippen molar-refractivity contribution >= 4 is 25.6 Å². The molecule has 0 saturated carbocycles. The Hall–Kier alpha value is -3.93. The van der Waals surface area contributed by atoms with Crippen LogP contribution in [0.15, 0.2) is 35.6 Å². The summed E-state index contributed by atoms with van der Waals surface area (Å²) in [6, 6.07) is 1.82. The van der Waals surface area contributed by atoms with Gasteiger partial charge in [-0.25, -0.2) is 14.6 Å². The van der Waals surface area contributed by atoms with Crippen LogP contribution in [0.25, 0.3) is 0 Å². The molecule has 1 aliphatic heterocycles. The second kappa shape index (κ2) is 14.0. The number of amides is 1. The molecule has 0 bridgehead atoms. The normalized spacial score (nSPS) is 15.2. The van der Waals surface area contributed by atoms with Gasteiger partial charge in [-0.3, -0.25) is 9.59 Å². The van der Waals surface area contributed by atoms with Crippen molar-refractivity contribution in [1.82, 2.24) is 29.2 Å². The first-order valence-corrected chi connectivity index (χ1v) is 18.7. The van der Waals surface area contributed by atoms with Crippen LogP contribution < -0.4 is 15.8 Å². The zero-order chi connectivity index (χ0) is 34.7. The van der Waals surface area contributed by atoms with Crippen LogP contribution in [-0.4, -0.2) is 82.0 Å². The molecule has 11 nitrogen and oxygen atoms in total. The summed E-state index contributed by atoms with van der Waals surface area (Å²) in [4.78, 5) is 37.0. The van der Waals surface area contributed by atoms with E-state index in [1.807, 2.05) is 0 Å². The van der Waals surface area contributed by atoms with Gasteiger partial charge in [0, 0.05) is 77.7 Å². The molecule has 1 atom stereocenters. The molecule has 0 aliphatic carbocycles. The number of hydrogen-bond donors (Lipinski definition) is 1. The van der Waals surface area contributed by atoms with E-state index >= 15 is 0 Å². The fourth-order valence-corrected chi connectivity index (χ4v) is 5.74. The van der Waals surface area contributed by atoms with Crippen LogP contribution in [0, 0.1) is 6.92 Å². The van der Waals surface area contributed by atoms with Gasteiger partial charge in [-0.2, -0.15) is 31.4 Å². The smallest absolute Gasteiger partial charge is 0.379 e. The predicted molar refractivity (Wildman–Crippen MR) is 165 cm³/mol. The van der Waals surface area contributed by atoms with Gasteiger partial charge in [0.15, 0.2) is 0 Å². The topological polar surface area (TPSA) is 110 Å². The fourth-order valence-electron chi connectivity index (χ4n) is 4.99. The number of carbonyl (C=O) groups excluding carboxylic acids is 1. The number of hydrogen-bond acceptors (Lipinski definition) is 8. The van der Waals surface area contributed by atoms with Crippen molar-refractivity contribution in [3.8, 4) is 0 Å². The molecule has 1 saturated heterocycles. The molecule has 0 spiro atoms. The highest BCUT2D eigenvalue weighted by atomic mass is 28.3. The van der Waals surface area contributed by atoms with Crippen LogP contribution in [-0.2, 0) is 30.4 Å². The van der Waals surface area contributed by atoms with Crippen LogP contribution in [0.4, 0.5) is 38.0 Å². The standard InChI is InChI=1S/C29H38F6N8O3Si/c1-19(39-23-16-38-43(18-46-12-13-47(3,4)5)26(45)24(23)29(33,34)35)17-42-7-6-22(20(42)2)25(44)40-8-10-41(11-9-40)27-36-14-21(15-37-27)28(30,31)32/h6-7,14-16,19,39H,8-13,17-18H2,1-5H3. The van der Waals surface area contributed by atoms with Crippen molar-refractivity contribution in [1.29, 1.82) is 0 Å². The van der Waals surface area contributed by atoms with Crippen LogP contribution in [0.3, 0.4) is 0 Å². The van der Waals surface area contributed by atoms with E-state index in [2.05, 4.69) is 40.0 Å². The van der Waals surface area contributed by atoms with E-state index in [1.54, 1.807) is 40.5 Å². The lowest BCUT2D eigenvalue weighted by molar-refractivity contribution is -0.139. The van der Waals surface area contributed by atoms with Crippen molar-refractivity contribution in [2.45, 2.75) is 71.2 Å². The number of nitrogens with zero attached hydrogens (tertiary/aromatic N) is 7. The lowest BCUT2D eigenvalue weighted by Crippen LogP contribution is -2.49. The maximum absolute atomic E-state index is 14.0. The monoisotopic (exact) mass is 688 g/mol. The fraction of sp³-hybridized carbons (Fsp3) is 0.552. The van der Waals surface area contributed by atoms with Crippen LogP contribution in [0.5, 0.6) is 0 Å². The number of carbonyl (C=O) groups is 1. The third-order valence-corrected chi connectivity index (χ3v) is 9.40. The number of ether oxygens (including phenoxy) is 1. The van der Waals surface area contributed by atoms with E-state index in [1.165, 1.54) is 0 Å². The molecule has 1 aliphatic rings. The second-order valence-corrected chi connectivity index (χ2v) is 18.3. The summed E-state index contributed by atoms with van der Waals surface area (Å²) in [5.41, 5.74) is -3.07. The maximum atomic E-state index is 14.0. The van der Waals surface area contributed by atoms with Crippen molar-refractivity contribution in [3.63, 3.8) is 0 Å². The first kappa shape index (κ1) is 35.9. The number of piperazine rings is 1. The van der Waals surface area contributed by atoms with Crippen molar-refractivity contribution in [3.05, 3.63) is 63.6 Å². The van der Waals surface area contributed by atoms with Crippen LogP contribution in [0.2, 0.25) is 25.7 Å². The minimum atomic E-state index is -4.94. The average Bonchev–Trinajstić information content (AvgIpc) is 3.33. The summed E-state index contributed by atoms with van der Waals surface area (Å²) in [6.45, 7) is 11.1. The SMILES string of the molecule is Cc1c(C(=O)N2CCN(c3ncc(C(F)(F)F)cn3)CC2)ccn1CC(C)Nc1cnn(COCC[Si](C)(C)C)c(=O)c1C(F)(F)F. The third-order valence-electron chi connectivity index (χ3n) is 7.70. The average molecular weight is 689 g/mol. The third kappa shape index (κ3) is 9.12. The van der Waals surface area contributed by atoms with E-state index in [9.17, 15) is 35.9 Å². The maximum Gasteiger partial charge on any atom is 0.423 e. The molecule has 3 aromatic rings. The quantitative estimate of drug-likeness (QED) is 0.171. The molecule has 1 amide bonds. The summed E-state index contributed by atoms with van der Waals surface area (Å²) >= 11 is 0. The number of nitrogens with one attached hydrogen (secondary N) is 1. The van der Waals surface area contributed by atoms with Gasteiger partial charge < -0.3 is 24.4 Å². The second-order valence-electron chi connectivity index (χ2n) is 12.6. The van der Waals surface area contributed by atoms with Gasteiger partial charge in [0.25, 0.3) is 11.5 Å². The Morgan fingerprint density at radius 1 is 1.02 bits per heavy atom. The van der Waals surface area contributed by atoms with Crippen LogP contribution >= 0.6 is 0 Å². The molecule has 3 aromatic heterocycles. The molecule has 1 unspecified atom stereocenters. The molecular weight excluding hydrogens is 650 g/mol. The van der Waals surface area contributed by atoms with Gasteiger partial charge in [-0.05, 0) is 26.0 Å². The van der Waals surface area contributed by atoms with Gasteiger partial charge in [0.05, 0.1) is 23.0 Å². The molecule has 0 radical (unpaired) electrons. The Balaban J connectivity index is 1.37. The number of alkyl halides is 6. The zero-order valence-electron chi connectivity index (χ0n) is 26.7. The molecule has 1 fully saturated rings. The number of aromatic nitrogens is 5. The van der Waals surface area contributed by atoms with Crippen molar-refractivity contribution in [2.75, 3.05) is 43.0 Å². The number of rotatable bonds is 11. The molecule has 258 valence electrons. The predicted octanol–water partition coefficient (Wildman–Crippen LogP) is 4.96. The number of halogens is 6. The molecule has 18 heteroatoms. The lowest BCUT2D eigenvalue weighted by Gasteiger charge is -2.34. The lowest BCUT2D eigenvalue weighted by atomic mass is 10.2. The van der Waals surface area contributed by atoms with E-state index in [0.717, 1.165) is 24.6 Å². The molecule has 4 heterocycles. The highest BCUT2D eigenvalue weighted by molar-refractivity contribution is 6.76. The van der Waals surface area contributed by atoms with Gasteiger partial charge in [-0.1, -0.05) is 19.6 Å². The van der Waals surface area contributed by atoms with E-state index < -0.39 is 48.8 Å². The van der Waals surface area contributed by atoms with Crippen molar-refractivity contribution < 1.29 is 35.9 Å². The highest BCUT2D eigenvalue weighted by Crippen LogP contribution is 2.32. The Kier molecular flexibility index (Phi) is 10.7. The molecule has 4 rings (SSSR count). The molecular formula is C29H38F6N8O3Si. The Morgan fingerprint density at radius 2 is 1.66 bits per heavy atom. The molecule has 47 heavy (non-hydrogen) atoms. The van der Waals surface area contributed by atoms with Crippen LogP contribution in [0.1, 0.15) is 34.1 Å². The number of anilines is 2. The molecule has 0 aromatic carbocycles. The summed E-state index contributed by atoms with van der Waals surface area (Å²) < 4.78 is 88.3. The molecule has 1 N–H and O–H groups in total. The zero-order valence-corrected chi connectivity index (χ0v) is 27.7. The van der Waals surface area contributed by atoms with Gasteiger partial charge >= 0.3 is 12.4 Å². The minimum absolute atomic E-state index is 0.140. The van der Waals surface area contributed by atoms with E-state index in [-0.39, 0.29) is 38.2 Å². The summed E-state index contributed by atoms with van der Waals surface area (Å²) in [7, 11) is -1.43. The van der Waals surface area contributed by atoms with Gasteiger partial charge in [-0.15, -0.1) is 0 Å². The Bertz CT molecular complexity index is 1590. The summed E-state index contributed by atoms with van der Waals surface area (Å²) in [6.07, 6.45) is -5.40. The largest absolute Gasteiger partial charge is 0.423 e. The highest BCUT2D eigenvalue weighted by Gasteiger charge is 2.39. The first-order valence-electron chi connectivity index (χ1n) is 15.0. The first-order chi connectivity index (χ1) is 21.8. The summed E-state index contributed by atoms with van der Waals surface area (Å²) in [5, 5.41) is 6.65. The Labute approximate surface area is 268 Å². The Morgan fingerprint density at radius 3 is 2.23 bits per heavy atom. The van der Waals surface area contributed by atoms with E-state index in [4.69, 9.17) is 4.74 Å². The van der Waals surface area contributed by atoms with Gasteiger partial charge in [0.2, 0.25) is 5.95 Å². The van der Waals surface area contributed by atoms with E-state index in [0.29, 0.717) is 35.6 Å². The van der Waals surface area contributed by atoms with Gasteiger partial charge in [0.1, 0.15) is 12.3 Å². The minimum Gasteiger partial charge on any atom is -0.379 e. The van der Waals surface area contributed by atoms with Crippen molar-refractivity contribution in [2.24, 2.45) is 0 Å².